The molecule has 164 valence electrons. The quantitative estimate of drug-likeness (QED) is 0.781. The number of hydrogen-bond acceptors (Lipinski definition) is 4. The zero-order valence-electron chi connectivity index (χ0n) is 16.5. The third-order valence-electron chi connectivity index (χ3n) is 5.83. The van der Waals surface area contributed by atoms with E-state index in [1.54, 1.807) is 28.0 Å². The van der Waals surface area contributed by atoms with E-state index in [4.69, 9.17) is 4.74 Å². The normalized spacial score (nSPS) is 25.0. The van der Waals surface area contributed by atoms with E-state index in [0.717, 1.165) is 5.69 Å². The molecule has 3 saturated heterocycles. The van der Waals surface area contributed by atoms with E-state index in [2.05, 4.69) is 5.32 Å². The maximum Gasteiger partial charge on any atom is 0.393 e. The van der Waals surface area contributed by atoms with Crippen molar-refractivity contribution in [1.82, 2.24) is 15.1 Å². The predicted octanol–water partition coefficient (Wildman–Crippen LogP) is 1.62. The Morgan fingerprint density at radius 1 is 1.13 bits per heavy atom. The molecule has 1 N–H and O–H groups in total. The number of hydrogen-bond donors (Lipinski definition) is 1. The van der Waals surface area contributed by atoms with Crippen molar-refractivity contribution < 1.29 is 27.5 Å². The highest BCUT2D eigenvalue weighted by Crippen LogP contribution is 2.25. The van der Waals surface area contributed by atoms with Crippen molar-refractivity contribution in [3.8, 4) is 0 Å². The number of rotatable bonds is 2. The van der Waals surface area contributed by atoms with Gasteiger partial charge in [0, 0.05) is 45.0 Å². The molecule has 3 aliphatic heterocycles. The molecule has 1 aromatic carbocycles. The zero-order chi connectivity index (χ0) is 21.3. The number of carbonyl (C=O) groups is 2. The smallest absolute Gasteiger partial charge is 0.368 e. The van der Waals surface area contributed by atoms with Crippen molar-refractivity contribution in [2.75, 3.05) is 50.8 Å². The number of alkyl halides is 3. The van der Waals surface area contributed by atoms with Gasteiger partial charge in [-0.15, -0.1) is 0 Å². The summed E-state index contributed by atoms with van der Waals surface area (Å²) in [5, 5.41) is 2.89. The number of amides is 3. The Bertz CT molecular complexity index is 796. The first kappa shape index (κ1) is 20.8. The fourth-order valence-corrected chi connectivity index (χ4v) is 4.32. The third kappa shape index (κ3) is 4.80. The van der Waals surface area contributed by atoms with E-state index >= 15 is 0 Å². The monoisotopic (exact) mass is 426 g/mol. The van der Waals surface area contributed by atoms with E-state index in [9.17, 15) is 22.8 Å². The highest BCUT2D eigenvalue weighted by atomic mass is 19.4. The maximum atomic E-state index is 12.9. The maximum absolute atomic E-state index is 12.9. The number of halogens is 3. The molecule has 0 unspecified atom stereocenters. The molecule has 1 aromatic rings. The predicted molar refractivity (Wildman–Crippen MR) is 103 cm³/mol. The van der Waals surface area contributed by atoms with Crippen LogP contribution in [0.25, 0.3) is 0 Å². The van der Waals surface area contributed by atoms with Crippen LogP contribution in [0.2, 0.25) is 0 Å². The number of nitrogens with zero attached hydrogens (tertiary/aromatic N) is 3. The number of benzene rings is 1. The van der Waals surface area contributed by atoms with Crippen LogP contribution < -0.4 is 10.2 Å². The fraction of sp³-hybridized carbons (Fsp3) is 0.600. The molecular formula is C20H25F3N4O3. The molecule has 3 heterocycles. The number of ether oxygens (including phenoxy) is 1. The Kier molecular flexibility index (Phi) is 5.77. The van der Waals surface area contributed by atoms with Crippen molar-refractivity contribution in [2.45, 2.75) is 31.2 Å². The summed E-state index contributed by atoms with van der Waals surface area (Å²) < 4.78 is 43.5. The molecule has 4 rings (SSSR count). The van der Waals surface area contributed by atoms with Crippen LogP contribution in [0.1, 0.15) is 12.0 Å². The summed E-state index contributed by atoms with van der Waals surface area (Å²) in [5.74, 6) is -0.160. The molecule has 10 heteroatoms. The molecule has 0 aliphatic carbocycles. The first-order valence-corrected chi connectivity index (χ1v) is 10.1. The van der Waals surface area contributed by atoms with Crippen LogP contribution in [-0.4, -0.2) is 85.9 Å². The van der Waals surface area contributed by atoms with Gasteiger partial charge in [0.2, 0.25) is 5.91 Å². The van der Waals surface area contributed by atoms with Gasteiger partial charge in [0.15, 0.2) is 0 Å². The highest BCUT2D eigenvalue weighted by Gasteiger charge is 2.38. The molecule has 2 atom stereocenters. The van der Waals surface area contributed by atoms with Crippen LogP contribution in [-0.2, 0) is 16.0 Å². The Morgan fingerprint density at radius 3 is 2.63 bits per heavy atom. The Balaban J connectivity index is 1.32. The summed E-state index contributed by atoms with van der Waals surface area (Å²) in [6, 6.07) is 6.24. The molecule has 3 fully saturated rings. The van der Waals surface area contributed by atoms with Crippen molar-refractivity contribution in [3.05, 3.63) is 29.8 Å². The summed E-state index contributed by atoms with van der Waals surface area (Å²) in [7, 11) is 0. The lowest BCUT2D eigenvalue weighted by Gasteiger charge is -2.44. The van der Waals surface area contributed by atoms with E-state index in [1.165, 1.54) is 6.07 Å². The average molecular weight is 426 g/mol. The fourth-order valence-electron chi connectivity index (χ4n) is 4.32. The van der Waals surface area contributed by atoms with Crippen LogP contribution in [0.4, 0.5) is 23.7 Å². The molecule has 0 aromatic heterocycles. The first-order chi connectivity index (χ1) is 14.3. The second kappa shape index (κ2) is 8.33. The van der Waals surface area contributed by atoms with Gasteiger partial charge < -0.3 is 24.8 Å². The molecular weight excluding hydrogens is 401 g/mol. The Labute approximate surface area is 172 Å². The summed E-state index contributed by atoms with van der Waals surface area (Å²) in [6.07, 6.45) is -4.55. The van der Waals surface area contributed by atoms with Crippen LogP contribution in [0.5, 0.6) is 0 Å². The number of urea groups is 1. The first-order valence-electron chi connectivity index (χ1n) is 10.1. The number of anilines is 1. The standard InChI is InChI=1S/C20H25F3N4O3/c21-20(22,23)11-14-2-1-3-15(10-14)25-6-8-26(9-7-25)19(29)27-5-4-17-16(12-27)24-18(28)13-30-17/h1-3,10,16-17H,4-9,11-13H2,(H,24,28)/t16-,17+/m1/s1. The zero-order valence-corrected chi connectivity index (χ0v) is 16.5. The summed E-state index contributed by atoms with van der Waals surface area (Å²) in [4.78, 5) is 30.0. The second-order valence-electron chi connectivity index (χ2n) is 7.98. The number of likely N-dealkylation sites (tertiary alicyclic amines) is 1. The lowest BCUT2D eigenvalue weighted by molar-refractivity contribution is -0.139. The third-order valence-corrected chi connectivity index (χ3v) is 5.83. The number of fused-ring (bicyclic) bond motifs is 1. The van der Waals surface area contributed by atoms with Gasteiger partial charge >= 0.3 is 12.2 Å². The molecule has 0 bridgehead atoms. The number of piperazine rings is 1. The molecule has 0 saturated carbocycles. The van der Waals surface area contributed by atoms with E-state index in [1.807, 2.05) is 4.90 Å². The van der Waals surface area contributed by atoms with Gasteiger partial charge in [-0.2, -0.15) is 13.2 Å². The molecule has 30 heavy (non-hydrogen) atoms. The molecule has 3 aliphatic rings. The van der Waals surface area contributed by atoms with Gasteiger partial charge in [-0.05, 0) is 24.1 Å². The highest BCUT2D eigenvalue weighted by molar-refractivity contribution is 5.79. The van der Waals surface area contributed by atoms with Crippen molar-refractivity contribution in [2.24, 2.45) is 0 Å². The SMILES string of the molecule is O=C1CO[C@H]2CCN(C(=O)N3CCN(c4cccc(CC(F)(F)F)c4)CC3)C[C@H]2N1. The van der Waals surface area contributed by atoms with Crippen molar-refractivity contribution >= 4 is 17.6 Å². The number of nitrogens with one attached hydrogen (secondary N) is 1. The molecule has 0 radical (unpaired) electrons. The van der Waals surface area contributed by atoms with Gasteiger partial charge in [-0.25, -0.2) is 4.79 Å². The van der Waals surface area contributed by atoms with Gasteiger partial charge in [0.1, 0.15) is 6.61 Å². The van der Waals surface area contributed by atoms with Crippen LogP contribution in [0.15, 0.2) is 24.3 Å². The minimum absolute atomic E-state index is 0.0485. The van der Waals surface area contributed by atoms with Gasteiger partial charge in [0.05, 0.1) is 18.6 Å². The molecule has 0 spiro atoms. The lowest BCUT2D eigenvalue weighted by Crippen LogP contribution is -2.63. The van der Waals surface area contributed by atoms with E-state index in [0.29, 0.717) is 45.7 Å². The molecule has 7 nitrogen and oxygen atoms in total. The summed E-state index contributed by atoms with van der Waals surface area (Å²) >= 11 is 0. The summed E-state index contributed by atoms with van der Waals surface area (Å²) in [6.45, 7) is 3.18. The second-order valence-corrected chi connectivity index (χ2v) is 7.98. The minimum atomic E-state index is -4.24. The number of piperidine rings is 1. The van der Waals surface area contributed by atoms with Crippen LogP contribution in [0.3, 0.4) is 0 Å². The topological polar surface area (TPSA) is 65.1 Å². The van der Waals surface area contributed by atoms with E-state index in [-0.39, 0.29) is 36.3 Å². The van der Waals surface area contributed by atoms with Gasteiger partial charge in [0.25, 0.3) is 0 Å². The van der Waals surface area contributed by atoms with Crippen molar-refractivity contribution in [3.63, 3.8) is 0 Å². The van der Waals surface area contributed by atoms with Crippen LogP contribution >= 0.6 is 0 Å². The minimum Gasteiger partial charge on any atom is -0.368 e. The Hall–Kier alpha value is -2.49. The van der Waals surface area contributed by atoms with Crippen molar-refractivity contribution in [1.29, 1.82) is 0 Å². The largest absolute Gasteiger partial charge is 0.393 e. The summed E-state index contributed by atoms with van der Waals surface area (Å²) in [5.41, 5.74) is 0.977. The van der Waals surface area contributed by atoms with E-state index < -0.39 is 12.6 Å². The van der Waals surface area contributed by atoms with Gasteiger partial charge in [-0.3, -0.25) is 4.79 Å². The van der Waals surface area contributed by atoms with Crippen LogP contribution in [0, 0.1) is 0 Å². The Morgan fingerprint density at radius 2 is 1.90 bits per heavy atom. The average Bonchev–Trinajstić information content (AvgIpc) is 2.72. The number of morpholine rings is 1. The van der Waals surface area contributed by atoms with Gasteiger partial charge in [-0.1, -0.05) is 12.1 Å². The molecule has 3 amide bonds. The lowest BCUT2D eigenvalue weighted by atomic mass is 10.0. The number of carbonyl (C=O) groups excluding carboxylic acids is 2.